The highest BCUT2D eigenvalue weighted by atomic mass is 35.5. The number of hydrogen-bond acceptors (Lipinski definition) is 3. The molecule has 1 aliphatic rings. The van der Waals surface area contributed by atoms with Gasteiger partial charge in [0.2, 0.25) is 5.88 Å². The Labute approximate surface area is 111 Å². The molecule has 2 heterocycles. The molecule has 0 radical (unpaired) electrons. The van der Waals surface area contributed by atoms with Crippen LogP contribution in [0.15, 0.2) is 30.5 Å². The van der Waals surface area contributed by atoms with Crippen LogP contribution in [0.4, 0.5) is 0 Å². The zero-order chi connectivity index (χ0) is 12.4. The zero-order valence-corrected chi connectivity index (χ0v) is 10.8. The summed E-state index contributed by atoms with van der Waals surface area (Å²) in [6.45, 7) is 1.75. The highest BCUT2D eigenvalue weighted by Crippen LogP contribution is 2.28. The van der Waals surface area contributed by atoms with Crippen LogP contribution in [-0.4, -0.2) is 24.2 Å². The van der Waals surface area contributed by atoms with E-state index in [2.05, 4.69) is 10.3 Å². The molecule has 0 spiro atoms. The summed E-state index contributed by atoms with van der Waals surface area (Å²) in [5.74, 6) is 0.670. The monoisotopic (exact) mass is 262 g/mol. The second-order valence-electron chi connectivity index (χ2n) is 4.56. The van der Waals surface area contributed by atoms with Crippen LogP contribution < -0.4 is 10.1 Å². The van der Waals surface area contributed by atoms with Gasteiger partial charge in [0.25, 0.3) is 0 Å². The van der Waals surface area contributed by atoms with E-state index in [9.17, 15) is 0 Å². The average Bonchev–Trinajstić information content (AvgIpc) is 2.90. The highest BCUT2D eigenvalue weighted by molar-refractivity contribution is 6.35. The van der Waals surface area contributed by atoms with Crippen LogP contribution in [-0.2, 0) is 0 Å². The second-order valence-corrected chi connectivity index (χ2v) is 4.96. The van der Waals surface area contributed by atoms with Crippen LogP contribution >= 0.6 is 11.6 Å². The van der Waals surface area contributed by atoms with E-state index in [4.69, 9.17) is 16.3 Å². The first kappa shape index (κ1) is 11.8. The quantitative estimate of drug-likeness (QED) is 0.923. The first-order valence-electron chi connectivity index (χ1n) is 6.24. The van der Waals surface area contributed by atoms with Gasteiger partial charge in [0.1, 0.15) is 6.61 Å². The van der Waals surface area contributed by atoms with Gasteiger partial charge >= 0.3 is 0 Å². The van der Waals surface area contributed by atoms with E-state index in [1.165, 1.54) is 12.8 Å². The molecule has 2 aromatic rings. The molecule has 18 heavy (non-hydrogen) atoms. The molecule has 1 unspecified atom stereocenters. The fourth-order valence-electron chi connectivity index (χ4n) is 2.34. The SMILES string of the molecule is Clc1cccc2c(OCC3CCCN3)nccc12. The minimum Gasteiger partial charge on any atom is -0.476 e. The average molecular weight is 263 g/mol. The number of aromatic nitrogens is 1. The Bertz CT molecular complexity index is 552. The van der Waals surface area contributed by atoms with Crippen molar-refractivity contribution in [1.82, 2.24) is 10.3 Å². The molecule has 1 fully saturated rings. The maximum absolute atomic E-state index is 6.16. The van der Waals surface area contributed by atoms with E-state index < -0.39 is 0 Å². The second kappa shape index (κ2) is 5.12. The van der Waals surface area contributed by atoms with Crippen molar-refractivity contribution in [3.8, 4) is 5.88 Å². The normalized spacial score (nSPS) is 19.3. The van der Waals surface area contributed by atoms with Gasteiger partial charge in [-0.25, -0.2) is 4.98 Å². The lowest BCUT2D eigenvalue weighted by Crippen LogP contribution is -2.28. The van der Waals surface area contributed by atoms with Gasteiger partial charge in [-0.05, 0) is 37.6 Å². The fourth-order valence-corrected chi connectivity index (χ4v) is 2.57. The van der Waals surface area contributed by atoms with Gasteiger partial charge in [0.05, 0.1) is 0 Å². The molecule has 1 aromatic carbocycles. The van der Waals surface area contributed by atoms with E-state index in [-0.39, 0.29) is 0 Å². The van der Waals surface area contributed by atoms with Gasteiger partial charge in [0.15, 0.2) is 0 Å². The molecule has 0 aliphatic carbocycles. The summed E-state index contributed by atoms with van der Waals surface area (Å²) < 4.78 is 5.83. The predicted molar refractivity (Wildman–Crippen MR) is 73.3 cm³/mol. The lowest BCUT2D eigenvalue weighted by Gasteiger charge is -2.13. The number of hydrogen-bond donors (Lipinski definition) is 1. The maximum Gasteiger partial charge on any atom is 0.221 e. The molecule has 0 bridgehead atoms. The summed E-state index contributed by atoms with van der Waals surface area (Å²) in [4.78, 5) is 4.30. The Morgan fingerprint density at radius 3 is 3.11 bits per heavy atom. The largest absolute Gasteiger partial charge is 0.476 e. The van der Waals surface area contributed by atoms with Crippen molar-refractivity contribution in [2.24, 2.45) is 0 Å². The van der Waals surface area contributed by atoms with Gasteiger partial charge in [0, 0.05) is 28.0 Å². The first-order chi connectivity index (χ1) is 8.84. The van der Waals surface area contributed by atoms with Gasteiger partial charge < -0.3 is 10.1 Å². The number of fused-ring (bicyclic) bond motifs is 1. The standard InChI is InChI=1S/C14H15ClN2O/c15-13-5-1-4-12-11(13)6-8-17-14(12)18-9-10-3-2-7-16-10/h1,4-6,8,10,16H,2-3,7,9H2. The molecular formula is C14H15ClN2O. The van der Waals surface area contributed by atoms with Crippen molar-refractivity contribution in [3.63, 3.8) is 0 Å². The number of halogens is 1. The number of pyridine rings is 1. The van der Waals surface area contributed by atoms with Gasteiger partial charge in [-0.2, -0.15) is 0 Å². The Morgan fingerprint density at radius 2 is 2.28 bits per heavy atom. The summed E-state index contributed by atoms with van der Waals surface area (Å²) in [5.41, 5.74) is 0. The molecular weight excluding hydrogens is 248 g/mol. The third kappa shape index (κ3) is 2.28. The van der Waals surface area contributed by atoms with E-state index in [0.717, 1.165) is 22.3 Å². The van der Waals surface area contributed by atoms with Crippen LogP contribution in [0.5, 0.6) is 5.88 Å². The van der Waals surface area contributed by atoms with Crippen LogP contribution in [0.1, 0.15) is 12.8 Å². The Kier molecular flexibility index (Phi) is 3.35. The van der Waals surface area contributed by atoms with Crippen molar-refractivity contribution in [1.29, 1.82) is 0 Å². The minimum absolute atomic E-state index is 0.446. The summed E-state index contributed by atoms with van der Waals surface area (Å²) in [6, 6.07) is 8.16. The lowest BCUT2D eigenvalue weighted by molar-refractivity contribution is 0.271. The Morgan fingerprint density at radius 1 is 1.33 bits per heavy atom. The smallest absolute Gasteiger partial charge is 0.221 e. The van der Waals surface area contributed by atoms with E-state index in [1.807, 2.05) is 24.3 Å². The third-order valence-electron chi connectivity index (χ3n) is 3.30. The van der Waals surface area contributed by atoms with Gasteiger partial charge in [-0.1, -0.05) is 17.7 Å². The molecule has 1 saturated heterocycles. The van der Waals surface area contributed by atoms with E-state index >= 15 is 0 Å². The van der Waals surface area contributed by atoms with Crippen molar-refractivity contribution in [2.75, 3.05) is 13.2 Å². The number of rotatable bonds is 3. The molecule has 1 aromatic heterocycles. The zero-order valence-electron chi connectivity index (χ0n) is 10.0. The molecule has 3 rings (SSSR count). The third-order valence-corrected chi connectivity index (χ3v) is 3.63. The lowest BCUT2D eigenvalue weighted by atomic mass is 10.2. The summed E-state index contributed by atoms with van der Waals surface area (Å²) in [6.07, 6.45) is 4.14. The Balaban J connectivity index is 1.85. The summed E-state index contributed by atoms with van der Waals surface area (Å²) in [7, 11) is 0. The molecule has 0 saturated carbocycles. The number of nitrogens with zero attached hydrogens (tertiary/aromatic N) is 1. The van der Waals surface area contributed by atoms with Crippen LogP contribution in [0, 0.1) is 0 Å². The first-order valence-corrected chi connectivity index (χ1v) is 6.62. The van der Waals surface area contributed by atoms with E-state index in [1.54, 1.807) is 6.20 Å². The topological polar surface area (TPSA) is 34.1 Å². The van der Waals surface area contributed by atoms with Gasteiger partial charge in [-0.15, -0.1) is 0 Å². The molecule has 1 aliphatic heterocycles. The molecule has 94 valence electrons. The van der Waals surface area contributed by atoms with Crippen LogP contribution in [0.2, 0.25) is 5.02 Å². The summed E-state index contributed by atoms with van der Waals surface area (Å²) >= 11 is 6.16. The molecule has 3 nitrogen and oxygen atoms in total. The molecule has 1 atom stereocenters. The molecule has 1 N–H and O–H groups in total. The predicted octanol–water partition coefficient (Wildman–Crippen LogP) is 3.02. The van der Waals surface area contributed by atoms with Crippen molar-refractivity contribution < 1.29 is 4.74 Å². The number of benzene rings is 1. The molecule has 0 amide bonds. The summed E-state index contributed by atoms with van der Waals surface area (Å²) in [5, 5.41) is 6.11. The van der Waals surface area contributed by atoms with Crippen LogP contribution in [0.25, 0.3) is 10.8 Å². The maximum atomic E-state index is 6.16. The Hall–Kier alpha value is -1.32. The van der Waals surface area contributed by atoms with E-state index in [0.29, 0.717) is 18.5 Å². The minimum atomic E-state index is 0.446. The molecule has 4 heteroatoms. The van der Waals surface area contributed by atoms with Crippen molar-refractivity contribution >= 4 is 22.4 Å². The van der Waals surface area contributed by atoms with Crippen molar-refractivity contribution in [2.45, 2.75) is 18.9 Å². The fraction of sp³-hybridized carbons (Fsp3) is 0.357. The number of ether oxygens (including phenoxy) is 1. The number of nitrogens with one attached hydrogen (secondary N) is 1. The van der Waals surface area contributed by atoms with Crippen molar-refractivity contribution in [3.05, 3.63) is 35.5 Å². The highest BCUT2D eigenvalue weighted by Gasteiger charge is 2.15. The van der Waals surface area contributed by atoms with Crippen LogP contribution in [0.3, 0.4) is 0 Å². The van der Waals surface area contributed by atoms with Gasteiger partial charge in [-0.3, -0.25) is 0 Å².